The van der Waals surface area contributed by atoms with E-state index in [1.807, 2.05) is 24.3 Å². The first-order valence-corrected chi connectivity index (χ1v) is 10.2. The lowest BCUT2D eigenvalue weighted by Crippen LogP contribution is -2.16. The predicted molar refractivity (Wildman–Crippen MR) is 120 cm³/mol. The number of rotatable bonds is 8. The summed E-state index contributed by atoms with van der Waals surface area (Å²) in [5, 5.41) is 15.8. The molecule has 0 saturated heterocycles. The summed E-state index contributed by atoms with van der Waals surface area (Å²) < 4.78 is 6.37. The van der Waals surface area contributed by atoms with E-state index in [-0.39, 0.29) is 17.6 Å². The summed E-state index contributed by atoms with van der Waals surface area (Å²) in [6.45, 7) is 0. The van der Waals surface area contributed by atoms with Gasteiger partial charge in [0.2, 0.25) is 11.1 Å². The number of benzene rings is 2. The number of carbonyl (C=O) groups is 1. The molecule has 0 fully saturated rings. The highest BCUT2D eigenvalue weighted by atomic mass is 35.5. The number of nitrogens with zero attached hydrogens (tertiary/aromatic N) is 4. The molecule has 1 amide bonds. The van der Waals surface area contributed by atoms with Gasteiger partial charge in [0, 0.05) is 15.7 Å². The number of hydrogen-bond donors (Lipinski definition) is 3. The molecule has 2 aromatic carbocycles. The molecule has 0 aliphatic rings. The Morgan fingerprint density at radius 2 is 2.03 bits per heavy atom. The highest BCUT2D eigenvalue weighted by molar-refractivity contribution is 7.99. The number of carbonyl (C=O) groups excluding carboxylic acids is 1. The molecule has 0 saturated carbocycles. The number of nitrogens with two attached hydrogens (primary N) is 1. The zero-order valence-electron chi connectivity index (χ0n) is 15.7. The van der Waals surface area contributed by atoms with E-state index in [1.54, 1.807) is 31.5 Å². The zero-order chi connectivity index (χ0) is 21.5. The van der Waals surface area contributed by atoms with Gasteiger partial charge in [0.25, 0.3) is 5.95 Å². The predicted octanol–water partition coefficient (Wildman–Crippen LogP) is 3.48. The van der Waals surface area contributed by atoms with Crippen molar-refractivity contribution in [3.05, 3.63) is 58.1 Å². The number of ether oxygens (including phenoxy) is 1. The third-order valence-electron chi connectivity index (χ3n) is 3.62. The molecule has 0 bridgehead atoms. The first-order chi connectivity index (χ1) is 14.4. The molecule has 0 unspecified atom stereocenters. The molecule has 30 heavy (non-hydrogen) atoms. The second kappa shape index (κ2) is 10.2. The van der Waals surface area contributed by atoms with Crippen LogP contribution in [-0.4, -0.2) is 39.9 Å². The summed E-state index contributed by atoms with van der Waals surface area (Å²) in [6.07, 6.45) is 1.59. The monoisotopic (exact) mass is 465 g/mol. The topological polar surface area (TPSA) is 119 Å². The summed E-state index contributed by atoms with van der Waals surface area (Å²) in [6, 6.07) is 12.2. The molecule has 1 heterocycles. The lowest BCUT2D eigenvalue weighted by molar-refractivity contribution is -0.113. The number of aromatic nitrogens is 3. The Kier molecular flexibility index (Phi) is 7.39. The van der Waals surface area contributed by atoms with Crippen LogP contribution in [0.2, 0.25) is 10.0 Å². The molecular weight excluding hydrogens is 449 g/mol. The Balaban J connectivity index is 1.54. The highest BCUT2D eigenvalue weighted by Gasteiger charge is 2.12. The van der Waals surface area contributed by atoms with Crippen molar-refractivity contribution in [2.75, 3.05) is 29.4 Å². The summed E-state index contributed by atoms with van der Waals surface area (Å²) >= 11 is 13.0. The van der Waals surface area contributed by atoms with Crippen LogP contribution in [0.3, 0.4) is 0 Å². The van der Waals surface area contributed by atoms with Crippen LogP contribution in [0.4, 0.5) is 11.6 Å². The van der Waals surface area contributed by atoms with Gasteiger partial charge in [0.1, 0.15) is 5.75 Å². The number of hydrogen-bond acceptors (Lipinski definition) is 8. The Labute approximate surface area is 186 Å². The summed E-state index contributed by atoms with van der Waals surface area (Å²) in [7, 11) is 1.59. The van der Waals surface area contributed by atoms with Crippen LogP contribution in [0.25, 0.3) is 0 Å². The fourth-order valence-electron chi connectivity index (χ4n) is 2.29. The minimum absolute atomic E-state index is 0.0620. The Morgan fingerprint density at radius 3 is 2.77 bits per heavy atom. The summed E-state index contributed by atoms with van der Waals surface area (Å²) in [4.78, 5) is 12.1. The third-order valence-corrected chi connectivity index (χ3v) is 4.99. The number of anilines is 2. The van der Waals surface area contributed by atoms with Crippen molar-refractivity contribution in [1.29, 1.82) is 0 Å². The van der Waals surface area contributed by atoms with Crippen LogP contribution in [-0.2, 0) is 4.79 Å². The van der Waals surface area contributed by atoms with Crippen molar-refractivity contribution in [2.45, 2.75) is 5.16 Å². The van der Waals surface area contributed by atoms with E-state index >= 15 is 0 Å². The SMILES string of the molecule is COc1cccc(/C=N/Nc2nnc(SCC(=O)Nc3cc(Cl)cc(Cl)c3)n2N)c1. The molecule has 9 nitrogen and oxygen atoms in total. The second-order valence-corrected chi connectivity index (χ2v) is 7.63. The largest absolute Gasteiger partial charge is 0.497 e. The van der Waals surface area contributed by atoms with Crippen molar-refractivity contribution in [3.63, 3.8) is 0 Å². The second-order valence-electron chi connectivity index (χ2n) is 5.82. The van der Waals surface area contributed by atoms with Crippen molar-refractivity contribution in [2.24, 2.45) is 5.10 Å². The average molecular weight is 466 g/mol. The van der Waals surface area contributed by atoms with Crippen LogP contribution in [0.1, 0.15) is 5.56 Å². The maximum absolute atomic E-state index is 12.1. The fourth-order valence-corrected chi connectivity index (χ4v) is 3.47. The first kappa shape index (κ1) is 21.8. The first-order valence-electron chi connectivity index (χ1n) is 8.47. The molecule has 3 rings (SSSR count). The Bertz CT molecular complexity index is 1050. The minimum Gasteiger partial charge on any atom is -0.497 e. The quantitative estimate of drug-likeness (QED) is 0.201. The molecule has 0 spiro atoms. The molecule has 0 aliphatic heterocycles. The number of nitrogens with one attached hydrogen (secondary N) is 2. The maximum atomic E-state index is 12.1. The molecule has 1 aromatic heterocycles. The van der Waals surface area contributed by atoms with Gasteiger partial charge in [-0.25, -0.2) is 10.1 Å². The van der Waals surface area contributed by atoms with Gasteiger partial charge in [-0.2, -0.15) is 5.10 Å². The van der Waals surface area contributed by atoms with E-state index in [0.717, 1.165) is 23.1 Å². The van der Waals surface area contributed by atoms with Gasteiger partial charge in [-0.15, -0.1) is 10.2 Å². The van der Waals surface area contributed by atoms with E-state index < -0.39 is 0 Å². The van der Waals surface area contributed by atoms with Gasteiger partial charge in [-0.1, -0.05) is 47.1 Å². The lowest BCUT2D eigenvalue weighted by Gasteiger charge is -2.06. The smallest absolute Gasteiger partial charge is 0.264 e. The van der Waals surface area contributed by atoms with E-state index in [4.69, 9.17) is 33.8 Å². The number of amides is 1. The van der Waals surface area contributed by atoms with Gasteiger partial charge >= 0.3 is 0 Å². The highest BCUT2D eigenvalue weighted by Crippen LogP contribution is 2.23. The van der Waals surface area contributed by atoms with Crippen LogP contribution < -0.4 is 21.3 Å². The van der Waals surface area contributed by atoms with Gasteiger partial charge in [0.05, 0.1) is 19.1 Å². The molecule has 156 valence electrons. The Hall–Kier alpha value is -2.95. The number of methoxy groups -OCH3 is 1. The molecule has 0 radical (unpaired) electrons. The van der Waals surface area contributed by atoms with E-state index in [2.05, 4.69) is 26.0 Å². The van der Waals surface area contributed by atoms with Crippen molar-refractivity contribution in [3.8, 4) is 5.75 Å². The molecule has 0 aliphatic carbocycles. The summed E-state index contributed by atoms with van der Waals surface area (Å²) in [5.41, 5.74) is 4.04. The molecule has 4 N–H and O–H groups in total. The van der Waals surface area contributed by atoms with Gasteiger partial charge in [-0.05, 0) is 35.9 Å². The van der Waals surface area contributed by atoms with Crippen molar-refractivity contribution in [1.82, 2.24) is 14.9 Å². The van der Waals surface area contributed by atoms with E-state index in [1.165, 1.54) is 4.68 Å². The zero-order valence-corrected chi connectivity index (χ0v) is 18.0. The molecule has 3 aromatic rings. The standard InChI is InChI=1S/C18H17Cl2N7O2S/c1-29-15-4-2-3-11(5-15)9-22-24-17-25-26-18(27(17)21)30-10-16(28)23-14-7-12(19)6-13(20)8-14/h2-9H,10,21H2,1H3,(H,23,28)(H,24,25)/b22-9+. The van der Waals surface area contributed by atoms with Crippen molar-refractivity contribution < 1.29 is 9.53 Å². The number of nitrogen functional groups attached to an aromatic ring is 1. The van der Waals surface area contributed by atoms with Crippen LogP contribution in [0.5, 0.6) is 5.75 Å². The maximum Gasteiger partial charge on any atom is 0.264 e. The molecule has 12 heteroatoms. The number of thioether (sulfide) groups is 1. The molecule has 0 atom stereocenters. The Morgan fingerprint density at radius 1 is 1.27 bits per heavy atom. The average Bonchev–Trinajstić information content (AvgIpc) is 3.05. The van der Waals surface area contributed by atoms with Gasteiger partial charge < -0.3 is 15.9 Å². The third kappa shape index (κ3) is 6.02. The van der Waals surface area contributed by atoms with Gasteiger partial charge in [0.15, 0.2) is 0 Å². The van der Waals surface area contributed by atoms with Gasteiger partial charge in [-0.3, -0.25) is 4.79 Å². The van der Waals surface area contributed by atoms with Crippen LogP contribution >= 0.6 is 35.0 Å². The van der Waals surface area contributed by atoms with Crippen LogP contribution in [0, 0.1) is 0 Å². The molecular formula is C18H17Cl2N7O2S. The normalized spacial score (nSPS) is 10.9. The van der Waals surface area contributed by atoms with Crippen molar-refractivity contribution >= 4 is 58.7 Å². The summed E-state index contributed by atoms with van der Waals surface area (Å²) in [5.74, 6) is 6.69. The fraction of sp³-hybridized carbons (Fsp3) is 0.111. The van der Waals surface area contributed by atoms with Crippen LogP contribution in [0.15, 0.2) is 52.7 Å². The minimum atomic E-state index is -0.271. The van der Waals surface area contributed by atoms with E-state index in [0.29, 0.717) is 20.9 Å². The number of hydrazone groups is 1. The van der Waals surface area contributed by atoms with E-state index in [9.17, 15) is 4.79 Å². The number of halogens is 2. The lowest BCUT2D eigenvalue weighted by atomic mass is 10.2.